The van der Waals surface area contributed by atoms with Crippen LogP contribution in [0, 0.1) is 0 Å². The van der Waals surface area contributed by atoms with Crippen molar-refractivity contribution in [1.82, 2.24) is 0 Å². The van der Waals surface area contributed by atoms with E-state index in [0.717, 1.165) is 0 Å². The zero-order chi connectivity index (χ0) is 18.4. The highest BCUT2D eigenvalue weighted by Crippen LogP contribution is 2.59. The van der Waals surface area contributed by atoms with Gasteiger partial charge in [-0.15, -0.1) is 0 Å². The average Bonchev–Trinajstić information content (AvgIpc) is 2.53. The normalized spacial score (nSPS) is 14.3. The summed E-state index contributed by atoms with van der Waals surface area (Å²) in [7, 11) is -4.43. The highest BCUT2D eigenvalue weighted by molar-refractivity contribution is 7.48. The van der Waals surface area contributed by atoms with Gasteiger partial charge >= 0.3 is 7.82 Å². The van der Waals surface area contributed by atoms with Crippen molar-refractivity contribution in [2.24, 2.45) is 0 Å². The van der Waals surface area contributed by atoms with Crippen molar-refractivity contribution in [3.63, 3.8) is 0 Å². The largest absolute Gasteiger partial charge is 0.482 e. The van der Waals surface area contributed by atoms with Gasteiger partial charge in [0.1, 0.15) is 0 Å². The summed E-state index contributed by atoms with van der Waals surface area (Å²) >= 11 is 0. The Bertz CT molecular complexity index is 330. The second-order valence-corrected chi connectivity index (χ2v) is 7.12. The van der Waals surface area contributed by atoms with Crippen molar-refractivity contribution in [2.45, 2.75) is 97.4 Å². The smallest absolute Gasteiger partial charge is 0.365 e. The molecule has 0 aromatic heterocycles. The lowest BCUT2D eigenvalue weighted by Gasteiger charge is -2.37. The van der Waals surface area contributed by atoms with E-state index in [9.17, 15) is 19.9 Å². The third-order valence-corrected chi connectivity index (χ3v) is 5.85. The lowest BCUT2D eigenvalue weighted by Crippen LogP contribution is -2.38. The number of hydrogen-bond donors (Lipinski definition) is 3. The molecule has 0 aromatic carbocycles. The van der Waals surface area contributed by atoms with Crippen LogP contribution in [-0.2, 0) is 18.1 Å². The third kappa shape index (κ3) is 6.78. The second kappa shape index (κ2) is 8.90. The molecule has 0 aliphatic carbocycles. The van der Waals surface area contributed by atoms with Crippen molar-refractivity contribution in [3.8, 4) is 0 Å². The fourth-order valence-corrected chi connectivity index (χ4v) is 3.95. The van der Waals surface area contributed by atoms with E-state index in [1.807, 2.05) is 0 Å². The third-order valence-electron chi connectivity index (χ3n) is 4.16. The van der Waals surface area contributed by atoms with Gasteiger partial charge in [-0.2, -0.15) is 0 Å². The first-order valence-electron chi connectivity index (χ1n) is 8.38. The lowest BCUT2D eigenvalue weighted by molar-refractivity contribution is -0.226. The maximum atomic E-state index is 13.1. The van der Waals surface area contributed by atoms with Crippen LogP contribution in [0.25, 0.3) is 0 Å². The standard InChI is InChI=1S/C15H33O7P/c1-7-13(16,8-2)20-23(19,21-14(17,9-3)10-4)22-15(18,11-5)12-6/h16-18H,7-12H2,1-6H3. The Kier molecular flexibility index (Phi) is 8.90. The van der Waals surface area contributed by atoms with Gasteiger partial charge in [-0.25, -0.2) is 4.57 Å². The van der Waals surface area contributed by atoms with E-state index >= 15 is 0 Å². The van der Waals surface area contributed by atoms with Gasteiger partial charge in [0.15, 0.2) is 17.4 Å². The van der Waals surface area contributed by atoms with E-state index in [1.165, 1.54) is 0 Å². The summed E-state index contributed by atoms with van der Waals surface area (Å²) in [6, 6.07) is 0. The molecule has 0 spiro atoms. The van der Waals surface area contributed by atoms with Crippen LogP contribution in [0.15, 0.2) is 0 Å². The van der Waals surface area contributed by atoms with E-state index in [-0.39, 0.29) is 38.5 Å². The van der Waals surface area contributed by atoms with Crippen LogP contribution in [-0.4, -0.2) is 32.7 Å². The summed E-state index contributed by atoms with van der Waals surface area (Å²) in [6.07, 6.45) is 0.878. The van der Waals surface area contributed by atoms with Gasteiger partial charge in [0.2, 0.25) is 0 Å². The summed E-state index contributed by atoms with van der Waals surface area (Å²) in [5, 5.41) is 31.0. The average molecular weight is 356 g/mol. The molecule has 0 atom stereocenters. The zero-order valence-electron chi connectivity index (χ0n) is 15.2. The molecule has 0 bridgehead atoms. The monoisotopic (exact) mass is 356 g/mol. The molecule has 0 saturated carbocycles. The van der Waals surface area contributed by atoms with Crippen molar-refractivity contribution in [2.75, 3.05) is 0 Å². The van der Waals surface area contributed by atoms with Gasteiger partial charge in [0, 0.05) is 0 Å². The number of phosphoric ester groups is 1. The molecule has 0 fully saturated rings. The van der Waals surface area contributed by atoms with Gasteiger partial charge < -0.3 is 15.3 Å². The van der Waals surface area contributed by atoms with Gasteiger partial charge in [-0.05, 0) is 38.5 Å². The Morgan fingerprint density at radius 2 is 0.783 bits per heavy atom. The minimum Gasteiger partial charge on any atom is -0.365 e. The van der Waals surface area contributed by atoms with Gasteiger partial charge in [0.25, 0.3) is 0 Å². The molecule has 7 nitrogen and oxygen atoms in total. The van der Waals surface area contributed by atoms with E-state index in [2.05, 4.69) is 0 Å². The Morgan fingerprint density at radius 1 is 0.609 bits per heavy atom. The summed E-state index contributed by atoms with van der Waals surface area (Å²) in [5.74, 6) is -5.21. The van der Waals surface area contributed by atoms with Crippen LogP contribution in [0.1, 0.15) is 80.1 Å². The van der Waals surface area contributed by atoms with Crippen molar-refractivity contribution < 1.29 is 33.5 Å². The molecule has 0 saturated heterocycles. The summed E-state index contributed by atoms with van der Waals surface area (Å²) < 4.78 is 28.9. The van der Waals surface area contributed by atoms with Gasteiger partial charge in [-0.1, -0.05) is 41.5 Å². The molecule has 0 aliphatic rings. The second-order valence-electron chi connectivity index (χ2n) is 5.68. The van der Waals surface area contributed by atoms with Gasteiger partial charge in [0.05, 0.1) is 0 Å². The molecular weight excluding hydrogens is 323 g/mol. The maximum Gasteiger partial charge on any atom is 0.482 e. The minimum absolute atomic E-state index is 0.146. The molecule has 140 valence electrons. The van der Waals surface area contributed by atoms with Crippen LogP contribution in [0.3, 0.4) is 0 Å². The summed E-state index contributed by atoms with van der Waals surface area (Å²) in [4.78, 5) is 0. The Morgan fingerprint density at radius 3 is 0.913 bits per heavy atom. The minimum atomic E-state index is -4.43. The molecule has 3 N–H and O–H groups in total. The molecule has 0 amide bonds. The number of phosphoric acid groups is 1. The SMILES string of the molecule is CCC(O)(CC)OP(=O)(OC(O)(CC)CC)OC(O)(CC)CC. The van der Waals surface area contributed by atoms with E-state index < -0.39 is 25.2 Å². The maximum absolute atomic E-state index is 13.1. The van der Waals surface area contributed by atoms with E-state index in [0.29, 0.717) is 0 Å². The van der Waals surface area contributed by atoms with Crippen molar-refractivity contribution in [1.29, 1.82) is 0 Å². The molecule has 8 heteroatoms. The first-order chi connectivity index (χ1) is 10.5. The predicted molar refractivity (Wildman–Crippen MR) is 87.5 cm³/mol. The first-order valence-corrected chi connectivity index (χ1v) is 9.84. The Balaban J connectivity index is 5.65. The number of aliphatic hydroxyl groups is 3. The Labute approximate surface area is 139 Å². The quantitative estimate of drug-likeness (QED) is 0.362. The summed E-state index contributed by atoms with van der Waals surface area (Å²) in [6.45, 7) is 9.95. The number of rotatable bonds is 12. The highest BCUT2D eigenvalue weighted by atomic mass is 31.2. The fourth-order valence-electron chi connectivity index (χ4n) is 1.82. The van der Waals surface area contributed by atoms with Crippen LogP contribution in [0.4, 0.5) is 0 Å². The van der Waals surface area contributed by atoms with E-state index in [4.69, 9.17) is 13.6 Å². The number of hydrogen-bond acceptors (Lipinski definition) is 7. The first kappa shape index (κ1) is 23.0. The lowest BCUT2D eigenvalue weighted by atomic mass is 10.2. The molecule has 0 aromatic rings. The van der Waals surface area contributed by atoms with Crippen LogP contribution in [0.5, 0.6) is 0 Å². The topological polar surface area (TPSA) is 105 Å². The molecule has 0 heterocycles. The van der Waals surface area contributed by atoms with Crippen LogP contribution >= 0.6 is 7.82 Å². The molecule has 23 heavy (non-hydrogen) atoms. The molecule has 0 rings (SSSR count). The fraction of sp³-hybridized carbons (Fsp3) is 1.00. The van der Waals surface area contributed by atoms with Gasteiger partial charge in [-0.3, -0.25) is 13.6 Å². The van der Waals surface area contributed by atoms with Crippen molar-refractivity contribution in [3.05, 3.63) is 0 Å². The Hall–Kier alpha value is -0.0100. The van der Waals surface area contributed by atoms with Crippen molar-refractivity contribution >= 4 is 7.82 Å². The molecule has 0 radical (unpaired) electrons. The van der Waals surface area contributed by atoms with E-state index in [1.54, 1.807) is 41.5 Å². The molecule has 0 aliphatic heterocycles. The molecule has 0 unspecified atom stereocenters. The highest BCUT2D eigenvalue weighted by Gasteiger charge is 2.47. The van der Waals surface area contributed by atoms with Crippen LogP contribution < -0.4 is 0 Å². The molecular formula is C15H33O7P. The zero-order valence-corrected chi connectivity index (χ0v) is 16.1. The van der Waals surface area contributed by atoms with Crippen LogP contribution in [0.2, 0.25) is 0 Å². The predicted octanol–water partition coefficient (Wildman–Crippen LogP) is 3.67. The summed E-state index contributed by atoms with van der Waals surface area (Å²) in [5.41, 5.74) is 0.